The van der Waals surface area contributed by atoms with Gasteiger partial charge in [-0.2, -0.15) is 0 Å². The number of unbranched alkanes of at least 4 members (excludes halogenated alkanes) is 3. The summed E-state index contributed by atoms with van der Waals surface area (Å²) in [5.41, 5.74) is 0.554. The van der Waals surface area contributed by atoms with E-state index in [1.54, 1.807) is 30.3 Å². The largest absolute Gasteiger partial charge is 0.508 e. The summed E-state index contributed by atoms with van der Waals surface area (Å²) in [6.45, 7) is 4.13. The average molecular weight is 300 g/mol. The topological polar surface area (TPSA) is 46.5 Å². The summed E-state index contributed by atoms with van der Waals surface area (Å²) in [5, 5.41) is 11.3. The zero-order valence-corrected chi connectivity index (χ0v) is 13.3. The first-order valence-corrected chi connectivity index (χ1v) is 8.04. The van der Waals surface area contributed by atoms with Crippen molar-refractivity contribution in [2.24, 2.45) is 0 Å². The van der Waals surface area contributed by atoms with Crippen LogP contribution in [-0.2, 0) is 4.74 Å². The number of aromatic hydroxyl groups is 1. The minimum atomic E-state index is -0.280. The Labute approximate surface area is 131 Å². The number of phenolic OH excluding ortho intramolecular Hbond substituents is 1. The molecule has 1 atom stereocenters. The molecule has 22 heavy (non-hydrogen) atoms. The van der Waals surface area contributed by atoms with Gasteiger partial charge in [-0.25, -0.2) is 4.79 Å². The van der Waals surface area contributed by atoms with Crippen molar-refractivity contribution >= 4 is 16.7 Å². The monoisotopic (exact) mass is 300 g/mol. The van der Waals surface area contributed by atoms with E-state index in [4.69, 9.17) is 4.74 Å². The fourth-order valence-corrected chi connectivity index (χ4v) is 2.53. The van der Waals surface area contributed by atoms with E-state index in [2.05, 4.69) is 6.92 Å². The van der Waals surface area contributed by atoms with Gasteiger partial charge in [0.05, 0.1) is 11.7 Å². The van der Waals surface area contributed by atoms with Crippen LogP contribution < -0.4 is 0 Å². The maximum atomic E-state index is 12.2. The van der Waals surface area contributed by atoms with Gasteiger partial charge in [0.15, 0.2) is 0 Å². The predicted molar refractivity (Wildman–Crippen MR) is 89.2 cm³/mol. The second-order valence-corrected chi connectivity index (χ2v) is 5.81. The number of fused-ring (bicyclic) bond motifs is 1. The highest BCUT2D eigenvalue weighted by atomic mass is 16.5. The molecule has 2 rings (SSSR count). The average Bonchev–Trinajstić information content (AvgIpc) is 2.51. The number of phenols is 1. The zero-order chi connectivity index (χ0) is 15.9. The number of ether oxygens (including phenoxy) is 1. The SMILES string of the molecule is CCCCCCC(C)OC(=O)c1ccc2cc(O)ccc2c1. The van der Waals surface area contributed by atoms with E-state index in [9.17, 15) is 9.90 Å². The molecule has 1 N–H and O–H groups in total. The molecular formula is C19H24O3. The minimum absolute atomic E-state index is 0.0557. The van der Waals surface area contributed by atoms with Crippen LogP contribution >= 0.6 is 0 Å². The fraction of sp³-hybridized carbons (Fsp3) is 0.421. The fourth-order valence-electron chi connectivity index (χ4n) is 2.53. The highest BCUT2D eigenvalue weighted by molar-refractivity contribution is 5.95. The molecule has 118 valence electrons. The summed E-state index contributed by atoms with van der Waals surface area (Å²) in [4.78, 5) is 12.2. The van der Waals surface area contributed by atoms with Crippen molar-refractivity contribution in [3.63, 3.8) is 0 Å². The summed E-state index contributed by atoms with van der Waals surface area (Å²) >= 11 is 0. The molecule has 0 aliphatic rings. The van der Waals surface area contributed by atoms with Crippen LogP contribution in [0.3, 0.4) is 0 Å². The molecule has 3 heteroatoms. The molecule has 2 aromatic carbocycles. The predicted octanol–water partition coefficient (Wildman–Crippen LogP) is 5.06. The van der Waals surface area contributed by atoms with Gasteiger partial charge in [-0.3, -0.25) is 0 Å². The van der Waals surface area contributed by atoms with Gasteiger partial charge in [-0.05, 0) is 54.8 Å². The normalized spacial score (nSPS) is 12.3. The number of carbonyl (C=O) groups is 1. The van der Waals surface area contributed by atoms with Crippen LogP contribution in [0.4, 0.5) is 0 Å². The van der Waals surface area contributed by atoms with Gasteiger partial charge in [0.1, 0.15) is 5.75 Å². The molecule has 0 aliphatic carbocycles. The van der Waals surface area contributed by atoms with Crippen molar-refractivity contribution in [1.82, 2.24) is 0 Å². The van der Waals surface area contributed by atoms with Gasteiger partial charge in [0.25, 0.3) is 0 Å². The number of esters is 1. The summed E-state index contributed by atoms with van der Waals surface area (Å²) in [5.74, 6) is -0.0542. The first-order chi connectivity index (χ1) is 10.6. The lowest BCUT2D eigenvalue weighted by molar-refractivity contribution is 0.0319. The number of hydrogen-bond donors (Lipinski definition) is 1. The van der Waals surface area contributed by atoms with Crippen LogP contribution in [0.15, 0.2) is 36.4 Å². The molecule has 0 spiro atoms. The maximum absolute atomic E-state index is 12.2. The van der Waals surface area contributed by atoms with E-state index < -0.39 is 0 Å². The quantitative estimate of drug-likeness (QED) is 0.574. The Hall–Kier alpha value is -2.03. The highest BCUT2D eigenvalue weighted by Crippen LogP contribution is 2.22. The Kier molecular flexibility index (Phi) is 5.82. The third kappa shape index (κ3) is 4.48. The van der Waals surface area contributed by atoms with Crippen molar-refractivity contribution in [2.45, 2.75) is 52.1 Å². The van der Waals surface area contributed by atoms with E-state index in [1.807, 2.05) is 13.0 Å². The highest BCUT2D eigenvalue weighted by Gasteiger charge is 2.12. The van der Waals surface area contributed by atoms with E-state index in [0.29, 0.717) is 5.56 Å². The van der Waals surface area contributed by atoms with Crippen molar-refractivity contribution in [3.8, 4) is 5.75 Å². The van der Waals surface area contributed by atoms with Crippen LogP contribution in [0.25, 0.3) is 10.8 Å². The molecule has 0 aliphatic heterocycles. The molecule has 0 amide bonds. The van der Waals surface area contributed by atoms with Gasteiger partial charge in [0.2, 0.25) is 0 Å². The Bertz CT molecular complexity index is 634. The summed E-state index contributed by atoms with van der Waals surface area (Å²) in [6, 6.07) is 10.5. The Morgan fingerprint density at radius 2 is 1.82 bits per heavy atom. The first-order valence-electron chi connectivity index (χ1n) is 8.04. The van der Waals surface area contributed by atoms with Crippen molar-refractivity contribution in [1.29, 1.82) is 0 Å². The van der Waals surface area contributed by atoms with E-state index >= 15 is 0 Å². The molecule has 0 heterocycles. The maximum Gasteiger partial charge on any atom is 0.338 e. The van der Waals surface area contributed by atoms with Gasteiger partial charge < -0.3 is 9.84 Å². The molecular weight excluding hydrogens is 276 g/mol. The second-order valence-electron chi connectivity index (χ2n) is 5.81. The molecule has 2 aromatic rings. The molecule has 1 unspecified atom stereocenters. The zero-order valence-electron chi connectivity index (χ0n) is 13.3. The number of benzene rings is 2. The molecule has 0 aromatic heterocycles. The molecule has 3 nitrogen and oxygen atoms in total. The van der Waals surface area contributed by atoms with Crippen LogP contribution in [0.1, 0.15) is 56.3 Å². The molecule has 0 radical (unpaired) electrons. The van der Waals surface area contributed by atoms with Crippen LogP contribution in [-0.4, -0.2) is 17.2 Å². The molecule has 0 saturated heterocycles. The molecule has 0 fully saturated rings. The third-order valence-electron chi connectivity index (χ3n) is 3.83. The summed E-state index contributed by atoms with van der Waals surface area (Å²) in [7, 11) is 0. The van der Waals surface area contributed by atoms with Crippen molar-refractivity contribution in [2.75, 3.05) is 0 Å². The Morgan fingerprint density at radius 3 is 2.59 bits per heavy atom. The van der Waals surface area contributed by atoms with Crippen LogP contribution in [0.5, 0.6) is 5.75 Å². The van der Waals surface area contributed by atoms with Gasteiger partial charge in [-0.1, -0.05) is 38.3 Å². The van der Waals surface area contributed by atoms with Gasteiger partial charge in [-0.15, -0.1) is 0 Å². The standard InChI is InChI=1S/C19H24O3/c1-3-4-5-6-7-14(2)22-19(21)17-9-8-16-13-18(20)11-10-15(16)12-17/h8-14,20H,3-7H2,1-2H3. The molecule has 0 bridgehead atoms. The number of hydrogen-bond acceptors (Lipinski definition) is 3. The second kappa shape index (κ2) is 7.83. The Balaban J connectivity index is 1.96. The lowest BCUT2D eigenvalue weighted by atomic mass is 10.1. The number of rotatable bonds is 7. The van der Waals surface area contributed by atoms with Crippen molar-refractivity contribution in [3.05, 3.63) is 42.0 Å². The van der Waals surface area contributed by atoms with Crippen molar-refractivity contribution < 1.29 is 14.6 Å². The summed E-state index contributed by atoms with van der Waals surface area (Å²) < 4.78 is 5.50. The number of carbonyl (C=O) groups excluding carboxylic acids is 1. The summed E-state index contributed by atoms with van der Waals surface area (Å²) in [6.07, 6.45) is 5.59. The minimum Gasteiger partial charge on any atom is -0.508 e. The lowest BCUT2D eigenvalue weighted by Crippen LogP contribution is -2.15. The van der Waals surface area contributed by atoms with Gasteiger partial charge in [0, 0.05) is 0 Å². The smallest absolute Gasteiger partial charge is 0.338 e. The molecule has 0 saturated carbocycles. The van der Waals surface area contributed by atoms with Gasteiger partial charge >= 0.3 is 5.97 Å². The first kappa shape index (κ1) is 16.3. The van der Waals surface area contributed by atoms with E-state index in [1.165, 1.54) is 19.3 Å². The lowest BCUT2D eigenvalue weighted by Gasteiger charge is -2.13. The van der Waals surface area contributed by atoms with Crippen LogP contribution in [0, 0.1) is 0 Å². The Morgan fingerprint density at radius 1 is 1.09 bits per heavy atom. The third-order valence-corrected chi connectivity index (χ3v) is 3.83. The van der Waals surface area contributed by atoms with Crippen LogP contribution in [0.2, 0.25) is 0 Å². The van der Waals surface area contributed by atoms with E-state index in [-0.39, 0.29) is 17.8 Å². The van der Waals surface area contributed by atoms with E-state index in [0.717, 1.165) is 23.6 Å².